The number of nitrogens with zero attached hydrogens (tertiary/aromatic N) is 3. The van der Waals surface area contributed by atoms with Crippen molar-refractivity contribution in [1.29, 1.82) is 0 Å². The van der Waals surface area contributed by atoms with Crippen LogP contribution in [0.4, 0.5) is 11.9 Å². The van der Waals surface area contributed by atoms with E-state index in [0.29, 0.717) is 11.9 Å². The Kier molecular flexibility index (Phi) is 2.02. The van der Waals surface area contributed by atoms with Gasteiger partial charge in [-0.15, -0.1) is 5.10 Å². The standard InChI is InChI=1S/C11H13N5/c12-10-13-11(15-14-10)16-6-5-8-3-1-2-4-9(8)7-16/h1-4H,5-7H2,(H3,12,13,14,15). The maximum atomic E-state index is 5.52. The molecule has 0 spiro atoms. The Balaban J connectivity index is 1.88. The van der Waals surface area contributed by atoms with E-state index < -0.39 is 0 Å². The molecule has 3 rings (SSSR count). The van der Waals surface area contributed by atoms with Crippen LogP contribution in [-0.2, 0) is 13.0 Å². The quantitative estimate of drug-likeness (QED) is 0.743. The summed E-state index contributed by atoms with van der Waals surface area (Å²) < 4.78 is 0. The normalized spacial score (nSPS) is 14.9. The zero-order valence-corrected chi connectivity index (χ0v) is 8.85. The Morgan fingerprint density at radius 2 is 2.06 bits per heavy atom. The van der Waals surface area contributed by atoms with Gasteiger partial charge in [-0.25, -0.2) is 5.10 Å². The first kappa shape index (κ1) is 9.21. The molecule has 0 aliphatic carbocycles. The lowest BCUT2D eigenvalue weighted by atomic mass is 10.0. The second kappa shape index (κ2) is 3.52. The van der Waals surface area contributed by atoms with E-state index in [1.807, 2.05) is 0 Å². The average molecular weight is 215 g/mol. The number of benzene rings is 1. The summed E-state index contributed by atoms with van der Waals surface area (Å²) in [5.74, 6) is 1.06. The van der Waals surface area contributed by atoms with Crippen molar-refractivity contribution in [3.8, 4) is 0 Å². The molecule has 5 nitrogen and oxygen atoms in total. The third-order valence-corrected chi connectivity index (χ3v) is 2.90. The van der Waals surface area contributed by atoms with Crippen LogP contribution >= 0.6 is 0 Å². The van der Waals surface area contributed by atoms with E-state index in [1.54, 1.807) is 0 Å². The first-order valence-electron chi connectivity index (χ1n) is 5.32. The Hall–Kier alpha value is -2.04. The highest BCUT2D eigenvalue weighted by Gasteiger charge is 2.18. The predicted octanol–water partition coefficient (Wildman–Crippen LogP) is 0.950. The van der Waals surface area contributed by atoms with Crippen LogP contribution in [0.5, 0.6) is 0 Å². The molecule has 2 aromatic rings. The molecule has 1 aliphatic heterocycles. The van der Waals surface area contributed by atoms with Crippen molar-refractivity contribution in [2.24, 2.45) is 0 Å². The number of nitrogens with two attached hydrogens (primary N) is 1. The van der Waals surface area contributed by atoms with Gasteiger partial charge in [-0.2, -0.15) is 4.98 Å². The van der Waals surface area contributed by atoms with E-state index in [9.17, 15) is 0 Å². The second-order valence-electron chi connectivity index (χ2n) is 3.96. The minimum absolute atomic E-state index is 0.369. The smallest absolute Gasteiger partial charge is 0.246 e. The van der Waals surface area contributed by atoms with Gasteiger partial charge in [-0.3, -0.25) is 0 Å². The van der Waals surface area contributed by atoms with Gasteiger partial charge in [0, 0.05) is 13.1 Å². The molecule has 0 saturated heterocycles. The van der Waals surface area contributed by atoms with E-state index in [1.165, 1.54) is 11.1 Å². The molecule has 82 valence electrons. The van der Waals surface area contributed by atoms with Crippen molar-refractivity contribution in [2.75, 3.05) is 17.2 Å². The minimum Gasteiger partial charge on any atom is -0.368 e. The van der Waals surface area contributed by atoms with Crippen molar-refractivity contribution in [2.45, 2.75) is 13.0 Å². The fraction of sp³-hybridized carbons (Fsp3) is 0.273. The third kappa shape index (κ3) is 1.50. The molecule has 1 aliphatic rings. The summed E-state index contributed by atoms with van der Waals surface area (Å²) in [5, 5.41) is 6.74. The summed E-state index contributed by atoms with van der Waals surface area (Å²) in [6.07, 6.45) is 1.03. The van der Waals surface area contributed by atoms with Crippen LogP contribution in [0.3, 0.4) is 0 Å². The number of H-pyrrole nitrogens is 1. The average Bonchev–Trinajstić information content (AvgIpc) is 2.75. The van der Waals surface area contributed by atoms with Crippen LogP contribution in [-0.4, -0.2) is 21.7 Å². The largest absolute Gasteiger partial charge is 0.368 e. The molecule has 5 heteroatoms. The third-order valence-electron chi connectivity index (χ3n) is 2.90. The Morgan fingerprint density at radius 3 is 2.81 bits per heavy atom. The second-order valence-corrected chi connectivity index (χ2v) is 3.96. The highest BCUT2D eigenvalue weighted by molar-refractivity contribution is 5.41. The predicted molar refractivity (Wildman–Crippen MR) is 62.0 cm³/mol. The lowest BCUT2D eigenvalue weighted by molar-refractivity contribution is 0.709. The van der Waals surface area contributed by atoms with Crippen molar-refractivity contribution in [3.05, 3.63) is 35.4 Å². The molecule has 16 heavy (non-hydrogen) atoms. The number of anilines is 2. The number of nitrogens with one attached hydrogen (secondary N) is 1. The topological polar surface area (TPSA) is 70.8 Å². The van der Waals surface area contributed by atoms with Crippen molar-refractivity contribution in [1.82, 2.24) is 15.2 Å². The molecule has 0 radical (unpaired) electrons. The van der Waals surface area contributed by atoms with Crippen LogP contribution in [0.1, 0.15) is 11.1 Å². The molecule has 0 saturated carbocycles. The molecule has 0 amide bonds. The van der Waals surface area contributed by atoms with Crippen molar-refractivity contribution < 1.29 is 0 Å². The molecule has 0 fully saturated rings. The van der Waals surface area contributed by atoms with Crippen LogP contribution in [0.2, 0.25) is 0 Å². The van der Waals surface area contributed by atoms with Crippen LogP contribution in [0, 0.1) is 0 Å². The van der Waals surface area contributed by atoms with Gasteiger partial charge in [0.25, 0.3) is 0 Å². The van der Waals surface area contributed by atoms with E-state index in [2.05, 4.69) is 44.3 Å². The van der Waals surface area contributed by atoms with Gasteiger partial charge >= 0.3 is 0 Å². The fourth-order valence-corrected chi connectivity index (χ4v) is 2.07. The van der Waals surface area contributed by atoms with Crippen LogP contribution in [0.15, 0.2) is 24.3 Å². The SMILES string of the molecule is Nc1nc(N2CCc3ccccc3C2)n[nH]1. The summed E-state index contributed by atoms with van der Waals surface area (Å²) in [7, 11) is 0. The molecular weight excluding hydrogens is 202 g/mol. The number of nitrogen functional groups attached to an aromatic ring is 1. The number of fused-ring (bicyclic) bond motifs is 1. The Morgan fingerprint density at radius 1 is 1.25 bits per heavy atom. The number of rotatable bonds is 1. The van der Waals surface area contributed by atoms with Gasteiger partial charge < -0.3 is 10.6 Å². The monoisotopic (exact) mass is 215 g/mol. The van der Waals surface area contributed by atoms with Gasteiger partial charge in [0.05, 0.1) is 0 Å². The van der Waals surface area contributed by atoms with Gasteiger partial charge in [0.2, 0.25) is 11.9 Å². The Bertz CT molecular complexity index is 505. The molecule has 2 heterocycles. The van der Waals surface area contributed by atoms with E-state index >= 15 is 0 Å². The number of aromatic amines is 1. The molecule has 1 aromatic carbocycles. The maximum Gasteiger partial charge on any atom is 0.246 e. The fourth-order valence-electron chi connectivity index (χ4n) is 2.07. The summed E-state index contributed by atoms with van der Waals surface area (Å²) >= 11 is 0. The molecule has 0 unspecified atom stereocenters. The lowest BCUT2D eigenvalue weighted by Crippen LogP contribution is -2.31. The summed E-state index contributed by atoms with van der Waals surface area (Å²) in [5.41, 5.74) is 8.29. The number of hydrogen-bond donors (Lipinski definition) is 2. The molecule has 0 atom stereocenters. The zero-order valence-electron chi connectivity index (χ0n) is 8.85. The van der Waals surface area contributed by atoms with Crippen molar-refractivity contribution >= 4 is 11.9 Å². The van der Waals surface area contributed by atoms with E-state index in [0.717, 1.165) is 19.5 Å². The van der Waals surface area contributed by atoms with Crippen molar-refractivity contribution in [3.63, 3.8) is 0 Å². The Labute approximate surface area is 93.3 Å². The number of hydrogen-bond acceptors (Lipinski definition) is 4. The highest BCUT2D eigenvalue weighted by atomic mass is 15.4. The summed E-state index contributed by atoms with van der Waals surface area (Å²) in [6, 6.07) is 8.48. The van der Waals surface area contributed by atoms with Crippen LogP contribution in [0.25, 0.3) is 0 Å². The first-order valence-corrected chi connectivity index (χ1v) is 5.32. The van der Waals surface area contributed by atoms with Gasteiger partial charge in [-0.1, -0.05) is 24.3 Å². The van der Waals surface area contributed by atoms with Gasteiger partial charge in [-0.05, 0) is 17.5 Å². The number of aromatic nitrogens is 3. The summed E-state index contributed by atoms with van der Waals surface area (Å²) in [6.45, 7) is 1.79. The lowest BCUT2D eigenvalue weighted by Gasteiger charge is -2.27. The summed E-state index contributed by atoms with van der Waals surface area (Å²) in [4.78, 5) is 6.28. The highest BCUT2D eigenvalue weighted by Crippen LogP contribution is 2.21. The maximum absolute atomic E-state index is 5.52. The van der Waals surface area contributed by atoms with Crippen LogP contribution < -0.4 is 10.6 Å². The first-order chi connectivity index (χ1) is 7.83. The molecule has 0 bridgehead atoms. The van der Waals surface area contributed by atoms with Gasteiger partial charge in [0.1, 0.15) is 0 Å². The zero-order chi connectivity index (χ0) is 11.0. The molecule has 3 N–H and O–H groups in total. The van der Waals surface area contributed by atoms with E-state index in [4.69, 9.17) is 5.73 Å². The molecule has 1 aromatic heterocycles. The minimum atomic E-state index is 0.369. The molecular formula is C11H13N5. The van der Waals surface area contributed by atoms with E-state index in [-0.39, 0.29) is 0 Å². The van der Waals surface area contributed by atoms with Gasteiger partial charge in [0.15, 0.2) is 0 Å².